The molecule has 0 aromatic heterocycles. The van der Waals surface area contributed by atoms with Gasteiger partial charge in [-0.25, -0.2) is 4.79 Å². The van der Waals surface area contributed by atoms with Crippen molar-refractivity contribution in [2.45, 2.75) is 57.7 Å². The Labute approximate surface area is 110 Å². The number of hydrogen-bond acceptors (Lipinski definition) is 4. The molecule has 0 bridgehead atoms. The number of nitrogens with one attached hydrogen (secondary N) is 2. The van der Waals surface area contributed by atoms with Crippen molar-refractivity contribution in [2.75, 3.05) is 20.3 Å². The molecule has 1 heterocycles. The third-order valence-electron chi connectivity index (χ3n) is 3.58. The third kappa shape index (κ3) is 3.36. The van der Waals surface area contributed by atoms with Crippen molar-refractivity contribution in [1.29, 1.82) is 0 Å². The zero-order valence-corrected chi connectivity index (χ0v) is 12.3. The second-order valence-electron chi connectivity index (χ2n) is 6.39. The molecule has 0 aromatic carbocycles. The summed E-state index contributed by atoms with van der Waals surface area (Å²) in [6.07, 6.45) is 0.386. The van der Waals surface area contributed by atoms with Gasteiger partial charge in [0.05, 0.1) is 12.1 Å². The fourth-order valence-corrected chi connectivity index (χ4v) is 2.05. The summed E-state index contributed by atoms with van der Waals surface area (Å²) in [6.45, 7) is 10.8. The molecule has 0 aliphatic carbocycles. The summed E-state index contributed by atoms with van der Waals surface area (Å²) in [6, 6.07) is 0. The molecule has 0 radical (unpaired) electrons. The molecular weight excluding hydrogens is 232 g/mol. The van der Waals surface area contributed by atoms with E-state index in [1.807, 2.05) is 27.8 Å². The van der Waals surface area contributed by atoms with Crippen LogP contribution in [0.25, 0.3) is 0 Å². The Morgan fingerprint density at radius 1 is 1.28 bits per heavy atom. The highest BCUT2D eigenvalue weighted by atomic mass is 16.6. The molecule has 0 saturated carbocycles. The molecule has 5 nitrogen and oxygen atoms in total. The summed E-state index contributed by atoms with van der Waals surface area (Å²) in [5.74, 6) is 0. The molecule has 1 aliphatic rings. The first-order valence-electron chi connectivity index (χ1n) is 6.40. The lowest BCUT2D eigenvalue weighted by atomic mass is 9.78. The van der Waals surface area contributed by atoms with Crippen molar-refractivity contribution in [1.82, 2.24) is 10.6 Å². The van der Waals surface area contributed by atoms with Gasteiger partial charge in [-0.2, -0.15) is 0 Å². The summed E-state index contributed by atoms with van der Waals surface area (Å²) in [5, 5.41) is 6.23. The van der Waals surface area contributed by atoms with Crippen molar-refractivity contribution in [3.8, 4) is 0 Å². The van der Waals surface area contributed by atoms with E-state index in [9.17, 15) is 4.79 Å². The Morgan fingerprint density at radius 3 is 2.28 bits per heavy atom. The largest absolute Gasteiger partial charge is 0.444 e. The van der Waals surface area contributed by atoms with Crippen LogP contribution in [-0.2, 0) is 9.47 Å². The van der Waals surface area contributed by atoms with Crippen LogP contribution in [0.2, 0.25) is 0 Å². The Balaban J connectivity index is 2.79. The van der Waals surface area contributed by atoms with E-state index in [0.717, 1.165) is 6.42 Å². The zero-order chi connectivity index (χ0) is 14.0. The second kappa shape index (κ2) is 5.05. The molecule has 18 heavy (non-hydrogen) atoms. The Hall–Kier alpha value is -0.810. The number of carbonyl (C=O) groups excluding carboxylic acids is 1. The topological polar surface area (TPSA) is 59.6 Å². The Bertz CT molecular complexity index is 302. The second-order valence-corrected chi connectivity index (χ2v) is 6.39. The lowest BCUT2D eigenvalue weighted by molar-refractivity contribution is 0.0349. The molecule has 2 N–H and O–H groups in total. The van der Waals surface area contributed by atoms with Crippen LogP contribution in [-0.4, -0.2) is 43.0 Å². The van der Waals surface area contributed by atoms with Crippen LogP contribution in [0.3, 0.4) is 0 Å². The molecule has 1 atom stereocenters. The standard InChI is InChI=1S/C13H26N2O3/c1-11(2,3)18-10(16)15-13(7-8-17-9-13)12(4,5)14-6/h14H,7-9H2,1-6H3,(H,15,16). The highest BCUT2D eigenvalue weighted by Gasteiger charge is 2.49. The number of carbonyl (C=O) groups is 1. The van der Waals surface area contributed by atoms with E-state index in [1.165, 1.54) is 0 Å². The van der Waals surface area contributed by atoms with Crippen LogP contribution >= 0.6 is 0 Å². The minimum atomic E-state index is -0.492. The molecule has 5 heteroatoms. The summed E-state index contributed by atoms with van der Waals surface area (Å²) < 4.78 is 10.8. The van der Waals surface area contributed by atoms with Crippen molar-refractivity contribution in [3.05, 3.63) is 0 Å². The van der Waals surface area contributed by atoms with E-state index in [-0.39, 0.29) is 5.54 Å². The molecule has 0 spiro atoms. The maximum Gasteiger partial charge on any atom is 0.408 e. The predicted molar refractivity (Wildman–Crippen MR) is 70.7 cm³/mol. The van der Waals surface area contributed by atoms with Gasteiger partial charge >= 0.3 is 6.09 Å². The minimum Gasteiger partial charge on any atom is -0.444 e. The summed E-state index contributed by atoms with van der Waals surface area (Å²) >= 11 is 0. The number of amides is 1. The maximum atomic E-state index is 12.0. The van der Waals surface area contributed by atoms with Crippen LogP contribution in [0.15, 0.2) is 0 Å². The van der Waals surface area contributed by atoms with Gasteiger partial charge in [-0.05, 0) is 48.1 Å². The SMILES string of the molecule is CNC(C)(C)C1(NC(=O)OC(C)(C)C)CCOC1. The summed E-state index contributed by atoms with van der Waals surface area (Å²) in [5.41, 5.74) is -1.18. The highest BCUT2D eigenvalue weighted by molar-refractivity contribution is 5.69. The molecule has 106 valence electrons. The highest BCUT2D eigenvalue weighted by Crippen LogP contribution is 2.30. The van der Waals surface area contributed by atoms with E-state index in [0.29, 0.717) is 13.2 Å². The molecule has 1 rings (SSSR count). The van der Waals surface area contributed by atoms with Gasteiger partial charge in [0.25, 0.3) is 0 Å². The van der Waals surface area contributed by atoms with E-state index < -0.39 is 17.2 Å². The van der Waals surface area contributed by atoms with Gasteiger partial charge in [0.1, 0.15) is 5.60 Å². The molecule has 0 aromatic rings. The smallest absolute Gasteiger partial charge is 0.408 e. The maximum absolute atomic E-state index is 12.0. The first-order valence-corrected chi connectivity index (χ1v) is 6.40. The Kier molecular flexibility index (Phi) is 4.28. The minimum absolute atomic E-state index is 0.263. The monoisotopic (exact) mass is 258 g/mol. The molecule has 1 fully saturated rings. The fourth-order valence-electron chi connectivity index (χ4n) is 2.05. The lowest BCUT2D eigenvalue weighted by Crippen LogP contribution is -2.67. The van der Waals surface area contributed by atoms with Crippen LogP contribution in [0, 0.1) is 0 Å². The molecular formula is C13H26N2O3. The van der Waals surface area contributed by atoms with E-state index in [4.69, 9.17) is 9.47 Å². The number of rotatable bonds is 3. The third-order valence-corrected chi connectivity index (χ3v) is 3.58. The van der Waals surface area contributed by atoms with Gasteiger partial charge in [-0.1, -0.05) is 0 Å². The zero-order valence-electron chi connectivity index (χ0n) is 12.3. The van der Waals surface area contributed by atoms with E-state index >= 15 is 0 Å². The number of hydrogen-bond donors (Lipinski definition) is 2. The number of likely N-dealkylation sites (N-methyl/N-ethyl adjacent to an activating group) is 1. The average molecular weight is 258 g/mol. The predicted octanol–water partition coefficient (Wildman–Crippen LogP) is 1.67. The lowest BCUT2D eigenvalue weighted by Gasteiger charge is -2.43. The molecule has 1 unspecified atom stereocenters. The van der Waals surface area contributed by atoms with Gasteiger partial charge in [0.2, 0.25) is 0 Å². The van der Waals surface area contributed by atoms with Crippen molar-refractivity contribution >= 4 is 6.09 Å². The molecule has 1 aliphatic heterocycles. The Morgan fingerprint density at radius 2 is 1.89 bits per heavy atom. The summed E-state index contributed by atoms with van der Waals surface area (Å²) in [4.78, 5) is 12.0. The number of ether oxygens (including phenoxy) is 2. The van der Waals surface area contributed by atoms with Crippen molar-refractivity contribution in [3.63, 3.8) is 0 Å². The van der Waals surface area contributed by atoms with Crippen molar-refractivity contribution < 1.29 is 14.3 Å². The van der Waals surface area contributed by atoms with Crippen LogP contribution in [0.5, 0.6) is 0 Å². The van der Waals surface area contributed by atoms with Crippen LogP contribution in [0.4, 0.5) is 4.79 Å². The van der Waals surface area contributed by atoms with Gasteiger partial charge in [0.15, 0.2) is 0 Å². The van der Waals surface area contributed by atoms with Gasteiger partial charge in [-0.3, -0.25) is 0 Å². The first kappa shape index (κ1) is 15.2. The quantitative estimate of drug-likeness (QED) is 0.808. The summed E-state index contributed by atoms with van der Waals surface area (Å²) in [7, 11) is 1.89. The molecule has 1 saturated heterocycles. The fraction of sp³-hybridized carbons (Fsp3) is 0.923. The normalized spacial score (nSPS) is 25.0. The molecule has 1 amide bonds. The van der Waals surface area contributed by atoms with Crippen LogP contribution in [0.1, 0.15) is 41.0 Å². The van der Waals surface area contributed by atoms with E-state index in [2.05, 4.69) is 24.5 Å². The number of alkyl carbamates (subject to hydrolysis) is 1. The van der Waals surface area contributed by atoms with Crippen LogP contribution < -0.4 is 10.6 Å². The van der Waals surface area contributed by atoms with Gasteiger partial charge in [-0.15, -0.1) is 0 Å². The first-order chi connectivity index (χ1) is 8.12. The van der Waals surface area contributed by atoms with E-state index in [1.54, 1.807) is 0 Å². The van der Waals surface area contributed by atoms with Gasteiger partial charge in [0, 0.05) is 12.1 Å². The average Bonchev–Trinajstić information content (AvgIpc) is 2.64. The van der Waals surface area contributed by atoms with Crippen molar-refractivity contribution in [2.24, 2.45) is 0 Å². The van der Waals surface area contributed by atoms with Gasteiger partial charge < -0.3 is 20.1 Å².